The van der Waals surface area contributed by atoms with E-state index in [9.17, 15) is 12.8 Å². The summed E-state index contributed by atoms with van der Waals surface area (Å²) in [5.41, 5.74) is 0.708. The van der Waals surface area contributed by atoms with E-state index in [2.05, 4.69) is 10.0 Å². The van der Waals surface area contributed by atoms with Gasteiger partial charge in [0.05, 0.1) is 17.0 Å². The van der Waals surface area contributed by atoms with E-state index in [1.54, 1.807) is 24.3 Å². The van der Waals surface area contributed by atoms with E-state index in [-0.39, 0.29) is 40.3 Å². The van der Waals surface area contributed by atoms with Crippen LogP contribution in [0, 0.1) is 0 Å². The zero-order valence-electron chi connectivity index (χ0n) is 15.1. The van der Waals surface area contributed by atoms with E-state index in [0.29, 0.717) is 23.9 Å². The minimum atomic E-state index is -3.91. The molecule has 1 saturated heterocycles. The molecule has 1 aliphatic rings. The average Bonchev–Trinajstić information content (AvgIpc) is 3.12. The Morgan fingerprint density at radius 2 is 2.03 bits per heavy atom. The molecule has 2 atom stereocenters. The van der Waals surface area contributed by atoms with Crippen molar-refractivity contribution in [2.75, 3.05) is 17.8 Å². The van der Waals surface area contributed by atoms with Crippen molar-refractivity contribution in [3.63, 3.8) is 0 Å². The summed E-state index contributed by atoms with van der Waals surface area (Å²) < 4.78 is 53.4. The molecule has 0 saturated carbocycles. The summed E-state index contributed by atoms with van der Waals surface area (Å²) in [4.78, 5) is -0.0337. The van der Waals surface area contributed by atoms with Crippen LogP contribution in [0.5, 0.6) is 5.75 Å². The van der Waals surface area contributed by atoms with Gasteiger partial charge in [-0.3, -0.25) is 4.72 Å². The standard InChI is InChI=1S/C19H18ClFN2O4S.ClH/c20-14-3-1-2-4-18(14)28(24,25)23-13-9-12-6-8-26-19(12)17(10-13)27-16-5-7-22-11-15(16)21;/h1-4,6,8-10,15-16,22-23H,5,7,11H2;1H/t15-,16-;/m1./s1. The number of hydrogen-bond acceptors (Lipinski definition) is 5. The Bertz CT molecular complexity index is 1110. The molecule has 1 aromatic heterocycles. The van der Waals surface area contributed by atoms with E-state index in [4.69, 9.17) is 20.8 Å². The minimum absolute atomic E-state index is 0. The van der Waals surface area contributed by atoms with Gasteiger partial charge in [-0.1, -0.05) is 23.7 Å². The Kier molecular flexibility index (Phi) is 6.58. The molecule has 3 aromatic rings. The minimum Gasteiger partial charge on any atom is -0.483 e. The van der Waals surface area contributed by atoms with Gasteiger partial charge >= 0.3 is 0 Å². The number of benzene rings is 2. The SMILES string of the molecule is Cl.O=S(=O)(Nc1cc(O[C@@H]2CCNC[C@H]2F)c2occc2c1)c1ccccc1Cl. The average molecular weight is 461 g/mol. The maximum absolute atomic E-state index is 14.2. The molecule has 0 spiro atoms. The van der Waals surface area contributed by atoms with Crippen molar-refractivity contribution in [2.45, 2.75) is 23.6 Å². The molecule has 2 aromatic carbocycles. The van der Waals surface area contributed by atoms with Crippen molar-refractivity contribution in [1.29, 1.82) is 0 Å². The van der Waals surface area contributed by atoms with Crippen molar-refractivity contribution in [3.8, 4) is 5.75 Å². The third kappa shape index (κ3) is 4.61. The number of nitrogens with one attached hydrogen (secondary N) is 2. The van der Waals surface area contributed by atoms with Crippen molar-refractivity contribution >= 4 is 50.7 Å². The Labute approximate surface area is 178 Å². The first-order valence-electron chi connectivity index (χ1n) is 8.74. The van der Waals surface area contributed by atoms with E-state index >= 15 is 0 Å². The summed E-state index contributed by atoms with van der Waals surface area (Å²) in [5.74, 6) is 0.286. The first kappa shape index (κ1) is 21.7. The molecule has 29 heavy (non-hydrogen) atoms. The normalized spacial score (nSPS) is 19.5. The lowest BCUT2D eigenvalue weighted by molar-refractivity contribution is 0.0736. The highest BCUT2D eigenvalue weighted by molar-refractivity contribution is 7.92. The molecule has 0 amide bonds. The summed E-state index contributed by atoms with van der Waals surface area (Å²) in [7, 11) is -3.91. The molecule has 10 heteroatoms. The van der Waals surface area contributed by atoms with E-state index in [1.807, 2.05) is 0 Å². The van der Waals surface area contributed by atoms with Crippen LogP contribution in [-0.4, -0.2) is 33.8 Å². The van der Waals surface area contributed by atoms with Crippen LogP contribution in [0.1, 0.15) is 6.42 Å². The molecule has 4 rings (SSSR count). The van der Waals surface area contributed by atoms with Gasteiger partial charge in [0.15, 0.2) is 11.3 Å². The summed E-state index contributed by atoms with van der Waals surface area (Å²) in [6.45, 7) is 0.857. The second kappa shape index (κ2) is 8.79. The number of halogens is 3. The van der Waals surface area contributed by atoms with Crippen LogP contribution in [0.4, 0.5) is 10.1 Å². The number of piperidine rings is 1. The number of anilines is 1. The van der Waals surface area contributed by atoms with Crippen molar-refractivity contribution < 1.29 is 22.0 Å². The number of hydrogen-bond donors (Lipinski definition) is 2. The van der Waals surface area contributed by atoms with Gasteiger partial charge in [0, 0.05) is 18.0 Å². The lowest BCUT2D eigenvalue weighted by Crippen LogP contribution is -2.44. The monoisotopic (exact) mass is 460 g/mol. The van der Waals surface area contributed by atoms with Gasteiger partial charge in [0.2, 0.25) is 0 Å². The van der Waals surface area contributed by atoms with Crippen LogP contribution < -0.4 is 14.8 Å². The summed E-state index contributed by atoms with van der Waals surface area (Å²) in [5, 5.41) is 3.72. The van der Waals surface area contributed by atoms with Crippen LogP contribution in [0.3, 0.4) is 0 Å². The summed E-state index contributed by atoms with van der Waals surface area (Å²) in [6, 6.07) is 11.0. The number of rotatable bonds is 5. The number of fused-ring (bicyclic) bond motifs is 1. The molecule has 0 bridgehead atoms. The van der Waals surface area contributed by atoms with Crippen LogP contribution in [-0.2, 0) is 10.0 Å². The van der Waals surface area contributed by atoms with Crippen molar-refractivity contribution in [2.24, 2.45) is 0 Å². The second-order valence-corrected chi connectivity index (χ2v) is 8.57. The van der Waals surface area contributed by atoms with Crippen LogP contribution >= 0.6 is 24.0 Å². The van der Waals surface area contributed by atoms with E-state index < -0.39 is 22.3 Å². The third-order valence-electron chi connectivity index (χ3n) is 4.52. The quantitative estimate of drug-likeness (QED) is 0.589. The van der Waals surface area contributed by atoms with E-state index in [0.717, 1.165) is 0 Å². The van der Waals surface area contributed by atoms with Crippen molar-refractivity contribution in [3.05, 3.63) is 53.8 Å². The van der Waals surface area contributed by atoms with Crippen LogP contribution in [0.2, 0.25) is 5.02 Å². The number of sulfonamides is 1. The number of alkyl halides is 1. The Morgan fingerprint density at radius 3 is 2.79 bits per heavy atom. The Morgan fingerprint density at radius 1 is 1.24 bits per heavy atom. The molecule has 6 nitrogen and oxygen atoms in total. The molecule has 2 heterocycles. The van der Waals surface area contributed by atoms with Gasteiger partial charge in [0.25, 0.3) is 10.0 Å². The van der Waals surface area contributed by atoms with Gasteiger partial charge in [-0.25, -0.2) is 12.8 Å². The summed E-state index contributed by atoms with van der Waals surface area (Å²) >= 11 is 6.02. The maximum atomic E-state index is 14.2. The number of ether oxygens (including phenoxy) is 1. The predicted octanol–water partition coefficient (Wildman–Crippen LogP) is 4.39. The molecular formula is C19H19Cl2FN2O4S. The van der Waals surface area contributed by atoms with Gasteiger partial charge in [-0.2, -0.15) is 0 Å². The lowest BCUT2D eigenvalue weighted by Gasteiger charge is -2.27. The van der Waals surface area contributed by atoms with Crippen molar-refractivity contribution in [1.82, 2.24) is 5.32 Å². The van der Waals surface area contributed by atoms with Crippen LogP contribution in [0.25, 0.3) is 11.0 Å². The first-order chi connectivity index (χ1) is 13.4. The molecule has 1 fully saturated rings. The molecule has 0 unspecified atom stereocenters. The molecule has 2 N–H and O–H groups in total. The molecular weight excluding hydrogens is 442 g/mol. The highest BCUT2D eigenvalue weighted by atomic mass is 35.5. The lowest BCUT2D eigenvalue weighted by atomic mass is 10.1. The molecule has 0 radical (unpaired) electrons. The maximum Gasteiger partial charge on any atom is 0.263 e. The van der Waals surface area contributed by atoms with Crippen LogP contribution in [0.15, 0.2) is 58.0 Å². The second-order valence-electron chi connectivity index (χ2n) is 6.51. The smallest absolute Gasteiger partial charge is 0.263 e. The largest absolute Gasteiger partial charge is 0.483 e. The zero-order valence-corrected chi connectivity index (χ0v) is 17.5. The Hall–Kier alpha value is -2.00. The number of furan rings is 1. The van der Waals surface area contributed by atoms with E-state index in [1.165, 1.54) is 24.5 Å². The fourth-order valence-electron chi connectivity index (χ4n) is 3.16. The molecule has 156 valence electrons. The van der Waals surface area contributed by atoms with Gasteiger partial charge in [-0.15, -0.1) is 12.4 Å². The highest BCUT2D eigenvalue weighted by Gasteiger charge is 2.28. The molecule has 1 aliphatic heterocycles. The Balaban J connectivity index is 0.00000240. The van der Waals surface area contributed by atoms with Gasteiger partial charge in [0.1, 0.15) is 17.2 Å². The third-order valence-corrected chi connectivity index (χ3v) is 6.40. The predicted molar refractivity (Wildman–Crippen MR) is 113 cm³/mol. The molecule has 0 aliphatic carbocycles. The fraction of sp³-hybridized carbons (Fsp3) is 0.263. The van der Waals surface area contributed by atoms with Gasteiger partial charge < -0.3 is 14.5 Å². The first-order valence-corrected chi connectivity index (χ1v) is 10.6. The summed E-state index contributed by atoms with van der Waals surface area (Å²) in [6.07, 6.45) is 0.172. The van der Waals surface area contributed by atoms with Gasteiger partial charge in [-0.05, 0) is 37.2 Å². The zero-order chi connectivity index (χ0) is 19.7. The fourth-order valence-corrected chi connectivity index (χ4v) is 4.72. The highest BCUT2D eigenvalue weighted by Crippen LogP contribution is 2.34. The topological polar surface area (TPSA) is 80.6 Å².